The van der Waals surface area contributed by atoms with Crippen LogP contribution in [0, 0.1) is 6.92 Å². The summed E-state index contributed by atoms with van der Waals surface area (Å²) in [6.07, 6.45) is 3.58. The first-order valence-electron chi connectivity index (χ1n) is 8.47. The van der Waals surface area contributed by atoms with Gasteiger partial charge in [0.1, 0.15) is 11.3 Å². The average Bonchev–Trinajstić information content (AvgIpc) is 2.68. The van der Waals surface area contributed by atoms with Crippen LogP contribution in [0.5, 0.6) is 5.75 Å². The zero-order valence-corrected chi connectivity index (χ0v) is 14.5. The third kappa shape index (κ3) is 2.95. The lowest BCUT2D eigenvalue weighted by Gasteiger charge is -2.36. The number of ether oxygens (including phenoxy) is 1. The van der Waals surface area contributed by atoms with E-state index in [-0.39, 0.29) is 0 Å². The molecule has 0 amide bonds. The molecule has 1 aliphatic rings. The number of aryl methyl sites for hydroxylation is 1. The molecule has 0 N–H and O–H groups in total. The molecule has 0 unspecified atom stereocenters. The number of anilines is 2. The van der Waals surface area contributed by atoms with Gasteiger partial charge >= 0.3 is 0 Å². The van der Waals surface area contributed by atoms with Crippen LogP contribution in [0.15, 0.2) is 42.7 Å². The Kier molecular flexibility index (Phi) is 4.09. The van der Waals surface area contributed by atoms with Gasteiger partial charge in [0.2, 0.25) is 5.95 Å². The maximum absolute atomic E-state index is 5.49. The first-order chi connectivity index (χ1) is 12.3. The molecule has 1 aliphatic heterocycles. The van der Waals surface area contributed by atoms with E-state index in [1.54, 1.807) is 19.5 Å². The summed E-state index contributed by atoms with van der Waals surface area (Å²) in [6.45, 7) is 5.68. The number of methoxy groups -OCH3 is 1. The fourth-order valence-corrected chi connectivity index (χ4v) is 3.36. The summed E-state index contributed by atoms with van der Waals surface area (Å²) in [5, 5.41) is 1.13. The molecule has 0 spiro atoms. The molecule has 1 aromatic carbocycles. The molecule has 6 heteroatoms. The van der Waals surface area contributed by atoms with Crippen molar-refractivity contribution in [1.82, 2.24) is 15.0 Å². The van der Waals surface area contributed by atoms with E-state index in [9.17, 15) is 0 Å². The van der Waals surface area contributed by atoms with Gasteiger partial charge in [0, 0.05) is 55.3 Å². The fraction of sp³-hybridized carbons (Fsp3) is 0.316. The van der Waals surface area contributed by atoms with E-state index in [1.165, 1.54) is 5.69 Å². The quantitative estimate of drug-likeness (QED) is 0.733. The van der Waals surface area contributed by atoms with Crippen LogP contribution in [-0.4, -0.2) is 48.2 Å². The number of benzene rings is 1. The van der Waals surface area contributed by atoms with Gasteiger partial charge < -0.3 is 14.5 Å². The van der Waals surface area contributed by atoms with Crippen LogP contribution in [0.2, 0.25) is 0 Å². The molecule has 0 aliphatic carbocycles. The van der Waals surface area contributed by atoms with Crippen molar-refractivity contribution in [1.29, 1.82) is 0 Å². The van der Waals surface area contributed by atoms with Crippen LogP contribution < -0.4 is 14.5 Å². The Morgan fingerprint density at radius 1 is 0.960 bits per heavy atom. The summed E-state index contributed by atoms with van der Waals surface area (Å²) in [5.74, 6) is 1.62. The number of para-hydroxylation sites is 1. The van der Waals surface area contributed by atoms with E-state index < -0.39 is 0 Å². The van der Waals surface area contributed by atoms with Gasteiger partial charge in [-0.3, -0.25) is 0 Å². The Hall–Kier alpha value is -2.89. The molecule has 2 aromatic heterocycles. The molecule has 0 atom stereocenters. The Labute approximate surface area is 147 Å². The molecular weight excluding hydrogens is 314 g/mol. The van der Waals surface area contributed by atoms with E-state index in [2.05, 4.69) is 36.9 Å². The minimum absolute atomic E-state index is 0.805. The molecule has 0 saturated carbocycles. The first-order valence-corrected chi connectivity index (χ1v) is 8.47. The van der Waals surface area contributed by atoms with E-state index in [0.717, 1.165) is 54.5 Å². The second-order valence-electron chi connectivity index (χ2n) is 6.16. The van der Waals surface area contributed by atoms with Gasteiger partial charge in [0.05, 0.1) is 7.11 Å². The van der Waals surface area contributed by atoms with Crippen LogP contribution in [0.3, 0.4) is 0 Å². The number of pyridine rings is 1. The van der Waals surface area contributed by atoms with Gasteiger partial charge in [0.15, 0.2) is 0 Å². The highest BCUT2D eigenvalue weighted by molar-refractivity contribution is 5.95. The average molecular weight is 335 g/mol. The standard InChI is InChI=1S/C19H21N5O/c1-14-13-16(15-5-3-6-17(25-2)18(15)22-14)23-9-11-24(12-10-23)19-20-7-4-8-21-19/h3-8,13H,9-12H2,1-2H3. The summed E-state index contributed by atoms with van der Waals surface area (Å²) in [7, 11) is 1.69. The van der Waals surface area contributed by atoms with E-state index in [4.69, 9.17) is 4.74 Å². The first kappa shape index (κ1) is 15.6. The highest BCUT2D eigenvalue weighted by Gasteiger charge is 2.21. The maximum atomic E-state index is 5.49. The van der Waals surface area contributed by atoms with Crippen molar-refractivity contribution in [3.05, 3.63) is 48.4 Å². The van der Waals surface area contributed by atoms with Crippen molar-refractivity contribution >= 4 is 22.5 Å². The second-order valence-corrected chi connectivity index (χ2v) is 6.16. The lowest BCUT2D eigenvalue weighted by atomic mass is 10.1. The topological polar surface area (TPSA) is 54.4 Å². The number of hydrogen-bond donors (Lipinski definition) is 0. The van der Waals surface area contributed by atoms with Crippen LogP contribution in [0.4, 0.5) is 11.6 Å². The number of fused-ring (bicyclic) bond motifs is 1. The lowest BCUT2D eigenvalue weighted by Crippen LogP contribution is -2.47. The van der Waals surface area contributed by atoms with Crippen molar-refractivity contribution in [2.45, 2.75) is 6.92 Å². The summed E-state index contributed by atoms with van der Waals surface area (Å²) >= 11 is 0. The molecule has 6 nitrogen and oxygen atoms in total. The smallest absolute Gasteiger partial charge is 0.225 e. The molecule has 25 heavy (non-hydrogen) atoms. The molecule has 0 radical (unpaired) electrons. The summed E-state index contributed by atoms with van der Waals surface area (Å²) in [6, 6.07) is 10.1. The van der Waals surface area contributed by atoms with Gasteiger partial charge in [-0.15, -0.1) is 0 Å². The minimum atomic E-state index is 0.805. The van der Waals surface area contributed by atoms with Crippen LogP contribution in [-0.2, 0) is 0 Å². The highest BCUT2D eigenvalue weighted by atomic mass is 16.5. The number of hydrogen-bond acceptors (Lipinski definition) is 6. The molecule has 1 saturated heterocycles. The Bertz CT molecular complexity index is 876. The van der Waals surface area contributed by atoms with E-state index in [0.29, 0.717) is 0 Å². The number of nitrogens with zero attached hydrogens (tertiary/aromatic N) is 5. The van der Waals surface area contributed by atoms with Crippen molar-refractivity contribution in [3.8, 4) is 5.75 Å². The van der Waals surface area contributed by atoms with E-state index >= 15 is 0 Å². The minimum Gasteiger partial charge on any atom is -0.494 e. The predicted octanol–water partition coefficient (Wildman–Crippen LogP) is 2.67. The highest BCUT2D eigenvalue weighted by Crippen LogP contribution is 2.32. The summed E-state index contributed by atoms with van der Waals surface area (Å²) in [4.78, 5) is 18.0. The summed E-state index contributed by atoms with van der Waals surface area (Å²) in [5.41, 5.74) is 3.14. The van der Waals surface area contributed by atoms with Gasteiger partial charge in [-0.25, -0.2) is 15.0 Å². The number of piperazine rings is 1. The van der Waals surface area contributed by atoms with Gasteiger partial charge in [0.25, 0.3) is 0 Å². The summed E-state index contributed by atoms with van der Waals surface area (Å²) < 4.78 is 5.49. The van der Waals surface area contributed by atoms with Crippen molar-refractivity contribution in [2.75, 3.05) is 43.1 Å². The zero-order valence-electron chi connectivity index (χ0n) is 14.5. The van der Waals surface area contributed by atoms with Crippen LogP contribution >= 0.6 is 0 Å². The fourth-order valence-electron chi connectivity index (χ4n) is 3.36. The number of aromatic nitrogens is 3. The van der Waals surface area contributed by atoms with Crippen molar-refractivity contribution in [3.63, 3.8) is 0 Å². The molecule has 4 rings (SSSR count). The molecular formula is C19H21N5O. The molecule has 1 fully saturated rings. The van der Waals surface area contributed by atoms with Gasteiger partial charge in [-0.2, -0.15) is 0 Å². The lowest BCUT2D eigenvalue weighted by molar-refractivity contribution is 0.419. The predicted molar refractivity (Wildman–Crippen MR) is 99.5 cm³/mol. The Morgan fingerprint density at radius 2 is 1.68 bits per heavy atom. The van der Waals surface area contributed by atoms with Gasteiger partial charge in [-0.05, 0) is 25.1 Å². The van der Waals surface area contributed by atoms with E-state index in [1.807, 2.05) is 25.1 Å². The zero-order chi connectivity index (χ0) is 17.2. The normalized spacial score (nSPS) is 14.8. The second kappa shape index (κ2) is 6.55. The Balaban J connectivity index is 1.63. The largest absolute Gasteiger partial charge is 0.494 e. The number of rotatable bonds is 3. The monoisotopic (exact) mass is 335 g/mol. The van der Waals surface area contributed by atoms with Crippen LogP contribution in [0.1, 0.15) is 5.69 Å². The van der Waals surface area contributed by atoms with Crippen molar-refractivity contribution < 1.29 is 4.74 Å². The van der Waals surface area contributed by atoms with Gasteiger partial charge in [-0.1, -0.05) is 12.1 Å². The third-order valence-electron chi connectivity index (χ3n) is 4.58. The SMILES string of the molecule is COc1cccc2c(N3CCN(c4ncccn4)CC3)cc(C)nc12. The molecule has 3 aromatic rings. The third-order valence-corrected chi connectivity index (χ3v) is 4.58. The Morgan fingerprint density at radius 3 is 2.40 bits per heavy atom. The maximum Gasteiger partial charge on any atom is 0.225 e. The van der Waals surface area contributed by atoms with Crippen LogP contribution in [0.25, 0.3) is 10.9 Å². The molecule has 0 bridgehead atoms. The molecule has 128 valence electrons. The van der Waals surface area contributed by atoms with Crippen molar-refractivity contribution in [2.24, 2.45) is 0 Å². The molecule has 3 heterocycles.